The van der Waals surface area contributed by atoms with Gasteiger partial charge in [-0.1, -0.05) is 0 Å². The summed E-state index contributed by atoms with van der Waals surface area (Å²) in [5, 5.41) is 3.20. The maximum Gasteiger partial charge on any atom is 0.243 e. The number of rotatable bonds is 8. The number of unbranched alkanes of at least 4 members (excludes halogenated alkanes) is 1. The van der Waals surface area contributed by atoms with Crippen molar-refractivity contribution >= 4 is 17.8 Å². The molecule has 8 heteroatoms. The van der Waals surface area contributed by atoms with Gasteiger partial charge in [0.1, 0.15) is 0 Å². The van der Waals surface area contributed by atoms with Crippen LogP contribution in [-0.2, 0) is 4.74 Å². The molecule has 8 nitrogen and oxygen atoms in total. The Kier molecular flexibility index (Phi) is 5.75. The number of nitrogens with two attached hydrogens (primary N) is 1. The van der Waals surface area contributed by atoms with Crippen LogP contribution in [0.25, 0.3) is 0 Å². The highest BCUT2D eigenvalue weighted by atomic mass is 16.5. The van der Waals surface area contributed by atoms with Gasteiger partial charge in [-0.25, -0.2) is 5.84 Å². The second-order valence-corrected chi connectivity index (χ2v) is 4.75. The van der Waals surface area contributed by atoms with E-state index in [1.54, 1.807) is 7.11 Å². The molecule has 1 saturated heterocycles. The zero-order chi connectivity index (χ0) is 14.2. The molecule has 2 heterocycles. The predicted octanol–water partition coefficient (Wildman–Crippen LogP) is 0.596. The van der Waals surface area contributed by atoms with Gasteiger partial charge >= 0.3 is 0 Å². The number of nitrogen functional groups attached to an aromatic ring is 1. The van der Waals surface area contributed by atoms with Crippen LogP contribution in [0.4, 0.5) is 17.8 Å². The van der Waals surface area contributed by atoms with Crippen molar-refractivity contribution in [2.75, 3.05) is 49.0 Å². The van der Waals surface area contributed by atoms with Crippen molar-refractivity contribution in [3.05, 3.63) is 0 Å². The maximum atomic E-state index is 5.42. The average Bonchev–Trinajstić information content (AvgIpc) is 3.01. The summed E-state index contributed by atoms with van der Waals surface area (Å²) in [6.07, 6.45) is 4.37. The third-order valence-corrected chi connectivity index (χ3v) is 3.20. The van der Waals surface area contributed by atoms with Gasteiger partial charge in [-0.05, 0) is 25.7 Å². The minimum atomic E-state index is 0.390. The lowest BCUT2D eigenvalue weighted by Gasteiger charge is -2.16. The number of ether oxygens (including phenoxy) is 1. The SMILES string of the molecule is COCCCCNc1nc(NN)nc(N2CCCC2)n1. The van der Waals surface area contributed by atoms with Crippen molar-refractivity contribution < 1.29 is 4.74 Å². The lowest BCUT2D eigenvalue weighted by atomic mass is 10.3. The van der Waals surface area contributed by atoms with Crippen LogP contribution >= 0.6 is 0 Å². The van der Waals surface area contributed by atoms with Crippen LogP contribution in [0.1, 0.15) is 25.7 Å². The fourth-order valence-electron chi connectivity index (χ4n) is 2.14. The first-order valence-corrected chi connectivity index (χ1v) is 7.04. The normalized spacial score (nSPS) is 14.6. The molecule has 1 aliphatic heterocycles. The highest BCUT2D eigenvalue weighted by Crippen LogP contribution is 2.18. The molecule has 0 radical (unpaired) electrons. The maximum absolute atomic E-state index is 5.42. The van der Waals surface area contributed by atoms with Gasteiger partial charge < -0.3 is 15.0 Å². The minimum Gasteiger partial charge on any atom is -0.385 e. The van der Waals surface area contributed by atoms with Gasteiger partial charge in [-0.15, -0.1) is 0 Å². The molecule has 4 N–H and O–H groups in total. The van der Waals surface area contributed by atoms with Crippen LogP contribution in [0.5, 0.6) is 0 Å². The number of methoxy groups -OCH3 is 1. The molecule has 1 aromatic rings. The van der Waals surface area contributed by atoms with Crippen LogP contribution < -0.4 is 21.5 Å². The third kappa shape index (κ3) is 4.17. The van der Waals surface area contributed by atoms with E-state index in [2.05, 4.69) is 30.6 Å². The molecule has 0 aliphatic carbocycles. The van der Waals surface area contributed by atoms with Gasteiger partial charge in [0.05, 0.1) is 0 Å². The lowest BCUT2D eigenvalue weighted by Crippen LogP contribution is -2.23. The largest absolute Gasteiger partial charge is 0.385 e. The Morgan fingerprint density at radius 3 is 2.60 bits per heavy atom. The van der Waals surface area contributed by atoms with E-state index in [1.807, 2.05) is 0 Å². The molecule has 0 spiro atoms. The Morgan fingerprint density at radius 1 is 1.15 bits per heavy atom. The summed E-state index contributed by atoms with van der Waals surface area (Å²) in [5.41, 5.74) is 2.49. The van der Waals surface area contributed by atoms with E-state index in [9.17, 15) is 0 Å². The number of anilines is 3. The van der Waals surface area contributed by atoms with E-state index in [0.29, 0.717) is 17.8 Å². The highest BCUT2D eigenvalue weighted by molar-refractivity contribution is 5.43. The Morgan fingerprint density at radius 2 is 1.90 bits per heavy atom. The van der Waals surface area contributed by atoms with Crippen LogP contribution in [0.3, 0.4) is 0 Å². The molecule has 0 saturated carbocycles. The molecule has 1 aromatic heterocycles. The Hall–Kier alpha value is -1.67. The fraction of sp³-hybridized carbons (Fsp3) is 0.750. The molecule has 20 heavy (non-hydrogen) atoms. The molecular formula is C12H23N7O. The van der Waals surface area contributed by atoms with E-state index in [4.69, 9.17) is 10.6 Å². The second-order valence-electron chi connectivity index (χ2n) is 4.75. The fourth-order valence-corrected chi connectivity index (χ4v) is 2.14. The van der Waals surface area contributed by atoms with Gasteiger partial charge in [-0.2, -0.15) is 15.0 Å². The summed E-state index contributed by atoms with van der Waals surface area (Å²) in [6, 6.07) is 0. The van der Waals surface area contributed by atoms with Crippen LogP contribution in [0.15, 0.2) is 0 Å². The second kappa shape index (κ2) is 7.81. The predicted molar refractivity (Wildman–Crippen MR) is 78.7 cm³/mol. The molecule has 112 valence electrons. The average molecular weight is 281 g/mol. The van der Waals surface area contributed by atoms with E-state index >= 15 is 0 Å². The van der Waals surface area contributed by atoms with Crippen LogP contribution in [0.2, 0.25) is 0 Å². The monoisotopic (exact) mass is 281 g/mol. The van der Waals surface area contributed by atoms with Crippen molar-refractivity contribution in [3.63, 3.8) is 0 Å². The molecule has 0 aromatic carbocycles. The van der Waals surface area contributed by atoms with Crippen molar-refractivity contribution in [3.8, 4) is 0 Å². The van der Waals surface area contributed by atoms with Gasteiger partial charge in [0, 0.05) is 33.4 Å². The minimum absolute atomic E-state index is 0.390. The Bertz CT molecular complexity index is 409. The molecule has 2 rings (SSSR count). The summed E-state index contributed by atoms with van der Waals surface area (Å²) in [4.78, 5) is 15.1. The number of hydrogen-bond acceptors (Lipinski definition) is 8. The van der Waals surface area contributed by atoms with E-state index in [-0.39, 0.29) is 0 Å². The van der Waals surface area contributed by atoms with Gasteiger partial charge in [0.15, 0.2) is 0 Å². The zero-order valence-electron chi connectivity index (χ0n) is 11.9. The first-order valence-electron chi connectivity index (χ1n) is 7.04. The molecule has 0 bridgehead atoms. The quantitative estimate of drug-likeness (QED) is 0.362. The summed E-state index contributed by atoms with van der Waals surface area (Å²) < 4.78 is 5.02. The first kappa shape index (κ1) is 14.7. The topological polar surface area (TPSA) is 101 Å². The standard InChI is InChI=1S/C12H23N7O/c1-20-9-5-2-6-14-10-15-11(18-13)17-12(16-10)19-7-3-4-8-19/h2-9,13H2,1H3,(H2,14,15,16,17,18). The summed E-state index contributed by atoms with van der Waals surface area (Å²) >= 11 is 0. The van der Waals surface area contributed by atoms with Crippen LogP contribution in [0, 0.1) is 0 Å². The van der Waals surface area contributed by atoms with Crippen molar-refractivity contribution in [2.24, 2.45) is 5.84 Å². The van der Waals surface area contributed by atoms with Crippen LogP contribution in [-0.4, -0.2) is 48.3 Å². The summed E-state index contributed by atoms with van der Waals surface area (Å²) in [6.45, 7) is 3.55. The first-order chi connectivity index (χ1) is 9.83. The van der Waals surface area contributed by atoms with E-state index in [1.165, 1.54) is 12.8 Å². The molecule has 0 amide bonds. The Labute approximate surface area is 119 Å². The summed E-state index contributed by atoms with van der Waals surface area (Å²) in [7, 11) is 1.71. The molecular weight excluding hydrogens is 258 g/mol. The molecule has 1 fully saturated rings. The van der Waals surface area contributed by atoms with E-state index in [0.717, 1.165) is 39.1 Å². The van der Waals surface area contributed by atoms with Crippen molar-refractivity contribution in [1.29, 1.82) is 0 Å². The number of nitrogens with zero attached hydrogens (tertiary/aromatic N) is 4. The lowest BCUT2D eigenvalue weighted by molar-refractivity contribution is 0.193. The van der Waals surface area contributed by atoms with E-state index < -0.39 is 0 Å². The molecule has 1 aliphatic rings. The zero-order valence-corrected chi connectivity index (χ0v) is 11.9. The third-order valence-electron chi connectivity index (χ3n) is 3.20. The molecule has 0 atom stereocenters. The Balaban J connectivity index is 1.94. The number of aromatic nitrogens is 3. The molecule has 0 unspecified atom stereocenters. The van der Waals surface area contributed by atoms with Gasteiger partial charge in [-0.3, -0.25) is 5.43 Å². The van der Waals surface area contributed by atoms with Gasteiger partial charge in [0.25, 0.3) is 0 Å². The van der Waals surface area contributed by atoms with Crippen molar-refractivity contribution in [1.82, 2.24) is 15.0 Å². The van der Waals surface area contributed by atoms with Crippen molar-refractivity contribution in [2.45, 2.75) is 25.7 Å². The summed E-state index contributed by atoms with van der Waals surface area (Å²) in [5.74, 6) is 7.05. The van der Waals surface area contributed by atoms with Gasteiger partial charge in [0.2, 0.25) is 17.8 Å². The number of nitrogens with one attached hydrogen (secondary N) is 2. The smallest absolute Gasteiger partial charge is 0.243 e. The number of hydrogen-bond donors (Lipinski definition) is 3. The highest BCUT2D eigenvalue weighted by Gasteiger charge is 2.17. The number of hydrazine groups is 1.